The normalized spacial score (nSPS) is 10.4. The molecule has 0 amide bonds. The van der Waals surface area contributed by atoms with E-state index in [0.29, 0.717) is 16.2 Å². The van der Waals surface area contributed by atoms with Gasteiger partial charge in [0.05, 0.1) is 5.56 Å². The highest BCUT2D eigenvalue weighted by atomic mass is 32.2. The van der Waals surface area contributed by atoms with Gasteiger partial charge in [0, 0.05) is 10.6 Å². The van der Waals surface area contributed by atoms with Gasteiger partial charge >= 0.3 is 5.97 Å². The lowest BCUT2D eigenvalue weighted by Crippen LogP contribution is -2.00. The van der Waals surface area contributed by atoms with Crippen molar-refractivity contribution >= 4 is 17.7 Å². The van der Waals surface area contributed by atoms with Crippen molar-refractivity contribution < 1.29 is 18.7 Å². The van der Waals surface area contributed by atoms with E-state index < -0.39 is 17.6 Å². The molecule has 0 bridgehead atoms. The molecule has 2 aromatic rings. The summed E-state index contributed by atoms with van der Waals surface area (Å²) in [7, 11) is 0. The molecule has 0 fully saturated rings. The van der Waals surface area contributed by atoms with E-state index in [2.05, 4.69) is 0 Å². The SMILES string of the molecule is O=C(O)c1ccccc1CSc1ccc(F)c(F)c1. The van der Waals surface area contributed by atoms with Crippen LogP contribution in [0.15, 0.2) is 47.4 Å². The van der Waals surface area contributed by atoms with Crippen molar-refractivity contribution in [3.05, 3.63) is 65.2 Å². The molecule has 0 radical (unpaired) electrons. The Kier molecular flexibility index (Phi) is 4.16. The average molecular weight is 280 g/mol. The lowest BCUT2D eigenvalue weighted by Gasteiger charge is -2.06. The third-order valence-corrected chi connectivity index (χ3v) is 3.58. The van der Waals surface area contributed by atoms with Gasteiger partial charge < -0.3 is 5.11 Å². The zero-order valence-electron chi connectivity index (χ0n) is 9.77. The minimum Gasteiger partial charge on any atom is -0.478 e. The van der Waals surface area contributed by atoms with E-state index in [-0.39, 0.29) is 5.56 Å². The Morgan fingerprint density at radius 3 is 2.53 bits per heavy atom. The first-order valence-electron chi connectivity index (χ1n) is 5.47. The number of carboxylic acids is 1. The standard InChI is InChI=1S/C14H10F2O2S/c15-12-6-5-10(7-13(12)16)19-8-9-3-1-2-4-11(9)14(17)18/h1-7H,8H2,(H,17,18). The molecule has 1 N–H and O–H groups in total. The van der Waals surface area contributed by atoms with Crippen LogP contribution in [-0.2, 0) is 5.75 Å². The number of aromatic carboxylic acids is 1. The number of rotatable bonds is 4. The fourth-order valence-corrected chi connectivity index (χ4v) is 2.51. The van der Waals surface area contributed by atoms with Gasteiger partial charge in [-0.25, -0.2) is 13.6 Å². The summed E-state index contributed by atoms with van der Waals surface area (Å²) in [5.74, 6) is -2.42. The van der Waals surface area contributed by atoms with Crippen molar-refractivity contribution in [3.63, 3.8) is 0 Å². The zero-order valence-corrected chi connectivity index (χ0v) is 10.6. The van der Waals surface area contributed by atoms with Gasteiger partial charge in [0.25, 0.3) is 0 Å². The van der Waals surface area contributed by atoms with Crippen molar-refractivity contribution in [2.75, 3.05) is 0 Å². The maximum absolute atomic E-state index is 13.0. The number of thioether (sulfide) groups is 1. The number of hydrogen-bond donors (Lipinski definition) is 1. The van der Waals surface area contributed by atoms with E-state index in [1.165, 1.54) is 23.9 Å². The number of carbonyl (C=O) groups is 1. The van der Waals surface area contributed by atoms with E-state index in [1.54, 1.807) is 18.2 Å². The van der Waals surface area contributed by atoms with Crippen molar-refractivity contribution in [2.24, 2.45) is 0 Å². The van der Waals surface area contributed by atoms with Crippen LogP contribution in [0.25, 0.3) is 0 Å². The Labute approximate surface area is 113 Å². The topological polar surface area (TPSA) is 37.3 Å². The van der Waals surface area contributed by atoms with Crippen LogP contribution in [-0.4, -0.2) is 11.1 Å². The largest absolute Gasteiger partial charge is 0.478 e. The Morgan fingerprint density at radius 2 is 1.84 bits per heavy atom. The highest BCUT2D eigenvalue weighted by molar-refractivity contribution is 7.98. The van der Waals surface area contributed by atoms with Gasteiger partial charge in [-0.3, -0.25) is 0 Å². The number of benzene rings is 2. The summed E-state index contributed by atoms with van der Waals surface area (Å²) in [6.45, 7) is 0. The number of halogens is 2. The van der Waals surface area contributed by atoms with Gasteiger partial charge in [-0.2, -0.15) is 0 Å². The predicted octanol–water partition coefficient (Wildman–Crippen LogP) is 3.96. The molecule has 2 aromatic carbocycles. The Morgan fingerprint density at radius 1 is 1.11 bits per heavy atom. The molecule has 0 spiro atoms. The van der Waals surface area contributed by atoms with Gasteiger partial charge in [-0.15, -0.1) is 11.8 Å². The molecule has 0 aliphatic carbocycles. The second-order valence-electron chi connectivity index (χ2n) is 3.83. The fraction of sp³-hybridized carbons (Fsp3) is 0.0714. The molecule has 0 atom stereocenters. The second-order valence-corrected chi connectivity index (χ2v) is 4.88. The third kappa shape index (κ3) is 3.32. The van der Waals surface area contributed by atoms with Crippen molar-refractivity contribution in [1.82, 2.24) is 0 Å². The minimum atomic E-state index is -0.999. The zero-order chi connectivity index (χ0) is 13.8. The van der Waals surface area contributed by atoms with E-state index in [0.717, 1.165) is 12.1 Å². The summed E-state index contributed by atoms with van der Waals surface area (Å²) in [6, 6.07) is 10.2. The predicted molar refractivity (Wildman–Crippen MR) is 69.3 cm³/mol. The van der Waals surface area contributed by atoms with E-state index in [4.69, 9.17) is 5.11 Å². The highest BCUT2D eigenvalue weighted by Crippen LogP contribution is 2.25. The lowest BCUT2D eigenvalue weighted by atomic mass is 10.1. The summed E-state index contributed by atoms with van der Waals surface area (Å²) in [5.41, 5.74) is 0.863. The monoisotopic (exact) mass is 280 g/mol. The quantitative estimate of drug-likeness (QED) is 0.861. The van der Waals surface area contributed by atoms with Crippen molar-refractivity contribution in [3.8, 4) is 0 Å². The van der Waals surface area contributed by atoms with E-state index >= 15 is 0 Å². The van der Waals surface area contributed by atoms with Crippen LogP contribution in [0.4, 0.5) is 8.78 Å². The highest BCUT2D eigenvalue weighted by Gasteiger charge is 2.09. The summed E-state index contributed by atoms with van der Waals surface area (Å²) < 4.78 is 25.8. The van der Waals surface area contributed by atoms with Crippen LogP contribution >= 0.6 is 11.8 Å². The Balaban J connectivity index is 2.14. The van der Waals surface area contributed by atoms with Crippen LogP contribution in [0.5, 0.6) is 0 Å². The van der Waals surface area contributed by atoms with Crippen LogP contribution in [0, 0.1) is 11.6 Å². The molecule has 2 rings (SSSR count). The lowest BCUT2D eigenvalue weighted by molar-refractivity contribution is 0.0696. The van der Waals surface area contributed by atoms with E-state index in [9.17, 15) is 13.6 Å². The van der Waals surface area contributed by atoms with Gasteiger partial charge in [0.15, 0.2) is 11.6 Å². The summed E-state index contributed by atoms with van der Waals surface area (Å²) in [5, 5.41) is 9.02. The molecule has 0 aliphatic heterocycles. The van der Waals surface area contributed by atoms with Crippen LogP contribution in [0.3, 0.4) is 0 Å². The maximum atomic E-state index is 13.0. The molecule has 0 aliphatic rings. The maximum Gasteiger partial charge on any atom is 0.335 e. The number of carboxylic acid groups (broad SMARTS) is 1. The Hall–Kier alpha value is -1.88. The summed E-state index contributed by atoms with van der Waals surface area (Å²) in [4.78, 5) is 11.6. The molecule has 0 saturated heterocycles. The van der Waals surface area contributed by atoms with Gasteiger partial charge in [0.2, 0.25) is 0 Å². The fourth-order valence-electron chi connectivity index (χ4n) is 1.58. The molecule has 5 heteroatoms. The smallest absolute Gasteiger partial charge is 0.335 e. The third-order valence-electron chi connectivity index (χ3n) is 2.53. The van der Waals surface area contributed by atoms with Crippen molar-refractivity contribution in [1.29, 1.82) is 0 Å². The number of hydrogen-bond acceptors (Lipinski definition) is 2. The van der Waals surface area contributed by atoms with Crippen LogP contribution in [0.1, 0.15) is 15.9 Å². The second kappa shape index (κ2) is 5.84. The average Bonchev–Trinajstić information content (AvgIpc) is 2.40. The molecule has 0 unspecified atom stereocenters. The molecule has 98 valence electrons. The van der Waals surface area contributed by atoms with Crippen LogP contribution < -0.4 is 0 Å². The first-order valence-corrected chi connectivity index (χ1v) is 6.45. The summed E-state index contributed by atoms with van der Waals surface area (Å²) in [6.07, 6.45) is 0. The molecule has 2 nitrogen and oxygen atoms in total. The van der Waals surface area contributed by atoms with Crippen molar-refractivity contribution in [2.45, 2.75) is 10.6 Å². The first kappa shape index (κ1) is 13.5. The Bertz CT molecular complexity index is 614. The van der Waals surface area contributed by atoms with Gasteiger partial charge in [-0.05, 0) is 29.8 Å². The van der Waals surface area contributed by atoms with E-state index in [1.807, 2.05) is 0 Å². The molecule has 0 aromatic heterocycles. The first-order chi connectivity index (χ1) is 9.08. The minimum absolute atomic E-state index is 0.220. The summed E-state index contributed by atoms with van der Waals surface area (Å²) >= 11 is 1.26. The van der Waals surface area contributed by atoms with Gasteiger partial charge in [-0.1, -0.05) is 18.2 Å². The molecular formula is C14H10F2O2S. The molecule has 0 heterocycles. The van der Waals surface area contributed by atoms with Crippen LogP contribution in [0.2, 0.25) is 0 Å². The molecule has 0 saturated carbocycles. The molecular weight excluding hydrogens is 270 g/mol. The van der Waals surface area contributed by atoms with Gasteiger partial charge in [0.1, 0.15) is 0 Å². The molecule has 19 heavy (non-hydrogen) atoms.